The van der Waals surface area contributed by atoms with Gasteiger partial charge in [-0.25, -0.2) is 4.79 Å². The van der Waals surface area contributed by atoms with E-state index in [-0.39, 0.29) is 25.0 Å². The third-order valence-electron chi connectivity index (χ3n) is 4.98. The van der Waals surface area contributed by atoms with E-state index in [1.54, 1.807) is 19.9 Å². The quantitative estimate of drug-likeness (QED) is 0.918. The Morgan fingerprint density at radius 1 is 1.39 bits per heavy atom. The third kappa shape index (κ3) is 2.72. The molecular formula is C17H22N2O4. The van der Waals surface area contributed by atoms with Crippen LogP contribution in [0.1, 0.15) is 53.8 Å². The molecule has 0 radical (unpaired) electrons. The van der Waals surface area contributed by atoms with E-state index in [4.69, 9.17) is 4.74 Å². The van der Waals surface area contributed by atoms with Crippen LogP contribution in [-0.4, -0.2) is 52.2 Å². The number of aryl methyl sites for hydroxylation is 1. The lowest BCUT2D eigenvalue weighted by molar-refractivity contribution is -0.147. The third-order valence-corrected chi connectivity index (χ3v) is 4.98. The molecule has 1 aliphatic heterocycles. The lowest BCUT2D eigenvalue weighted by atomic mass is 9.97. The van der Waals surface area contributed by atoms with Crippen molar-refractivity contribution in [3.63, 3.8) is 0 Å². The van der Waals surface area contributed by atoms with Crippen LogP contribution < -0.4 is 0 Å². The van der Waals surface area contributed by atoms with Crippen LogP contribution in [0.15, 0.2) is 12.1 Å². The van der Waals surface area contributed by atoms with Crippen molar-refractivity contribution in [1.82, 2.24) is 9.88 Å². The molecule has 6 nitrogen and oxygen atoms in total. The number of carboxylic acid groups (broad SMARTS) is 1. The molecule has 1 aromatic rings. The molecule has 1 saturated carbocycles. The van der Waals surface area contributed by atoms with Crippen LogP contribution >= 0.6 is 0 Å². The summed E-state index contributed by atoms with van der Waals surface area (Å²) < 4.78 is 5.29. The number of nitrogens with zero attached hydrogens (tertiary/aromatic N) is 2. The molecule has 23 heavy (non-hydrogen) atoms. The van der Waals surface area contributed by atoms with Gasteiger partial charge in [-0.2, -0.15) is 0 Å². The molecule has 0 aromatic carbocycles. The fourth-order valence-electron chi connectivity index (χ4n) is 3.25. The predicted molar refractivity (Wildman–Crippen MR) is 83.4 cm³/mol. The Labute approximate surface area is 135 Å². The Morgan fingerprint density at radius 2 is 2.09 bits per heavy atom. The molecule has 0 spiro atoms. The molecule has 2 atom stereocenters. The largest absolute Gasteiger partial charge is 0.480 e. The zero-order chi connectivity index (χ0) is 16.8. The Morgan fingerprint density at radius 3 is 2.61 bits per heavy atom. The van der Waals surface area contributed by atoms with Crippen molar-refractivity contribution < 1.29 is 19.4 Å². The Bertz CT molecular complexity index is 656. The lowest BCUT2D eigenvalue weighted by Crippen LogP contribution is -2.50. The number of amides is 1. The molecular weight excluding hydrogens is 296 g/mol. The highest BCUT2D eigenvalue weighted by molar-refractivity contribution is 5.99. The number of rotatable bonds is 4. The van der Waals surface area contributed by atoms with E-state index in [0.717, 1.165) is 18.5 Å². The number of hydrogen-bond acceptors (Lipinski definition) is 4. The van der Waals surface area contributed by atoms with E-state index in [9.17, 15) is 14.7 Å². The second-order valence-corrected chi connectivity index (χ2v) is 6.70. The number of likely N-dealkylation sites (tertiary alicyclic amines) is 1. The van der Waals surface area contributed by atoms with Crippen molar-refractivity contribution in [2.24, 2.45) is 0 Å². The van der Waals surface area contributed by atoms with E-state index in [1.807, 2.05) is 6.07 Å². The first kappa shape index (κ1) is 15.9. The van der Waals surface area contributed by atoms with Crippen molar-refractivity contribution in [1.29, 1.82) is 0 Å². The molecule has 1 saturated heterocycles. The standard InChI is InChI=1S/C17H22N2O4/c1-10-13(6-7-14(18-10)11-4-5-11)15(20)19-9-12(23-3)8-17(19,2)16(21)22/h6-7,11-12H,4-5,8-9H2,1-3H3,(H,21,22). The minimum atomic E-state index is -1.25. The van der Waals surface area contributed by atoms with Crippen LogP contribution in [0.25, 0.3) is 0 Å². The van der Waals surface area contributed by atoms with Crippen molar-refractivity contribution in [3.05, 3.63) is 29.1 Å². The maximum atomic E-state index is 12.9. The fourth-order valence-corrected chi connectivity index (χ4v) is 3.25. The Hall–Kier alpha value is -1.95. The SMILES string of the molecule is COC1CN(C(=O)c2ccc(C3CC3)nc2C)C(C)(C(=O)O)C1. The zero-order valence-electron chi connectivity index (χ0n) is 13.7. The summed E-state index contributed by atoms with van der Waals surface area (Å²) in [6.45, 7) is 3.66. The van der Waals surface area contributed by atoms with Crippen molar-refractivity contribution in [2.75, 3.05) is 13.7 Å². The monoisotopic (exact) mass is 318 g/mol. The Balaban J connectivity index is 1.90. The topological polar surface area (TPSA) is 79.7 Å². The van der Waals surface area contributed by atoms with E-state index in [1.165, 1.54) is 12.0 Å². The first-order chi connectivity index (χ1) is 10.9. The summed E-state index contributed by atoms with van der Waals surface area (Å²) in [6.07, 6.45) is 2.33. The summed E-state index contributed by atoms with van der Waals surface area (Å²) in [5, 5.41) is 9.58. The maximum Gasteiger partial charge on any atom is 0.329 e. The second kappa shape index (κ2) is 5.60. The molecule has 1 amide bonds. The molecule has 2 heterocycles. The van der Waals surface area contributed by atoms with Gasteiger partial charge in [0.05, 0.1) is 17.4 Å². The van der Waals surface area contributed by atoms with Crippen LogP contribution in [0.4, 0.5) is 0 Å². The summed E-state index contributed by atoms with van der Waals surface area (Å²) in [4.78, 5) is 30.6. The van der Waals surface area contributed by atoms with Crippen molar-refractivity contribution >= 4 is 11.9 Å². The van der Waals surface area contributed by atoms with E-state index in [0.29, 0.717) is 17.2 Å². The van der Waals surface area contributed by atoms with E-state index in [2.05, 4.69) is 4.98 Å². The lowest BCUT2D eigenvalue weighted by Gasteiger charge is -2.31. The number of hydrogen-bond donors (Lipinski definition) is 1. The number of carbonyl (C=O) groups excluding carboxylic acids is 1. The van der Waals surface area contributed by atoms with Crippen LogP contribution in [0.2, 0.25) is 0 Å². The van der Waals surface area contributed by atoms with Crippen LogP contribution in [0.3, 0.4) is 0 Å². The van der Waals surface area contributed by atoms with Gasteiger partial charge in [-0.05, 0) is 38.8 Å². The van der Waals surface area contributed by atoms with Crippen LogP contribution in [0.5, 0.6) is 0 Å². The van der Waals surface area contributed by atoms with Crippen molar-refractivity contribution in [2.45, 2.75) is 50.7 Å². The predicted octanol–water partition coefficient (Wildman–Crippen LogP) is 1.97. The first-order valence-corrected chi connectivity index (χ1v) is 7.92. The Kier molecular flexibility index (Phi) is 3.88. The van der Waals surface area contributed by atoms with Gasteiger partial charge in [-0.1, -0.05) is 0 Å². The molecule has 2 fully saturated rings. The summed E-state index contributed by atoms with van der Waals surface area (Å²) >= 11 is 0. The van der Waals surface area contributed by atoms with E-state index >= 15 is 0 Å². The first-order valence-electron chi connectivity index (χ1n) is 7.92. The normalized spacial score (nSPS) is 27.3. The number of carbonyl (C=O) groups is 2. The second-order valence-electron chi connectivity index (χ2n) is 6.70. The number of carboxylic acids is 1. The highest BCUT2D eigenvalue weighted by atomic mass is 16.5. The molecule has 1 aliphatic carbocycles. The van der Waals surface area contributed by atoms with Gasteiger partial charge >= 0.3 is 5.97 Å². The number of pyridine rings is 1. The molecule has 2 aliphatic rings. The average molecular weight is 318 g/mol. The van der Waals surface area contributed by atoms with Crippen LogP contribution in [0, 0.1) is 6.92 Å². The van der Waals surface area contributed by atoms with Gasteiger partial charge in [0.1, 0.15) is 5.54 Å². The van der Waals surface area contributed by atoms with Gasteiger partial charge in [0.15, 0.2) is 0 Å². The van der Waals surface area contributed by atoms with Gasteiger partial charge in [-0.15, -0.1) is 0 Å². The summed E-state index contributed by atoms with van der Waals surface area (Å²) in [5.74, 6) is -0.779. The summed E-state index contributed by atoms with van der Waals surface area (Å²) in [7, 11) is 1.54. The minimum absolute atomic E-state index is 0.265. The minimum Gasteiger partial charge on any atom is -0.480 e. The molecule has 2 unspecified atom stereocenters. The highest BCUT2D eigenvalue weighted by Crippen LogP contribution is 2.39. The number of ether oxygens (including phenoxy) is 1. The van der Waals surface area contributed by atoms with Crippen molar-refractivity contribution in [3.8, 4) is 0 Å². The number of methoxy groups -OCH3 is 1. The average Bonchev–Trinajstić information content (AvgIpc) is 3.29. The van der Waals surface area contributed by atoms with Gasteiger partial charge in [0.2, 0.25) is 0 Å². The van der Waals surface area contributed by atoms with Gasteiger partial charge < -0.3 is 14.7 Å². The molecule has 3 rings (SSSR count). The molecule has 124 valence electrons. The molecule has 1 N–H and O–H groups in total. The summed E-state index contributed by atoms with van der Waals surface area (Å²) in [6, 6.07) is 3.67. The van der Waals surface area contributed by atoms with Gasteiger partial charge in [0, 0.05) is 31.7 Å². The smallest absolute Gasteiger partial charge is 0.329 e. The molecule has 1 aromatic heterocycles. The highest BCUT2D eigenvalue weighted by Gasteiger charge is 2.50. The molecule has 6 heteroatoms. The zero-order valence-corrected chi connectivity index (χ0v) is 13.7. The summed E-state index contributed by atoms with van der Waals surface area (Å²) in [5.41, 5.74) is 0.905. The number of aliphatic carboxylic acids is 1. The van der Waals surface area contributed by atoms with Crippen LogP contribution in [-0.2, 0) is 9.53 Å². The maximum absolute atomic E-state index is 12.9. The van der Waals surface area contributed by atoms with E-state index < -0.39 is 11.5 Å². The van der Waals surface area contributed by atoms with Gasteiger partial charge in [-0.3, -0.25) is 9.78 Å². The fraction of sp³-hybridized carbons (Fsp3) is 0.588. The molecule has 0 bridgehead atoms. The van der Waals surface area contributed by atoms with Gasteiger partial charge in [0.25, 0.3) is 5.91 Å². The number of aromatic nitrogens is 1.